The lowest BCUT2D eigenvalue weighted by Gasteiger charge is -2.42. The Bertz CT molecular complexity index is 1070. The van der Waals surface area contributed by atoms with Gasteiger partial charge in [0.05, 0.1) is 12.2 Å². The summed E-state index contributed by atoms with van der Waals surface area (Å²) in [4.78, 5) is 26.3. The number of aliphatic hydroxyl groups excluding tert-OH is 1. The number of Topliss-reactive ketones (excluding diaryl/α,β-unsaturated/α-hetero) is 1. The standard InChI is InChI=1S/C24H38O3.C10H20O5.C8H17NO.H2O/c1-4-21(27-17(3)25)10-6-5-8-16(2)24(26)20-14-19-13-12-18-9-7-11-22(18)23(19)15-20;1-5-14-8-7(12-3)6(2)15-10(11)9(8)13-4;1-7-8(9(2)3)5-4-6-10-7;/h15-16,18-19,21-23H,4-14H2,1-3H3;6-11H,5H2,1-4H3;7-8H,4-6H2,1-3H3;1H2/t16-,18+,19+,21+,22-,23-;6-,7-,8+,9+,10+;7-,8+;/m101./s1. The number of unbranched alkanes of at least 4 members (excludes halogenated alkanes) is 1. The highest BCUT2D eigenvalue weighted by molar-refractivity contribution is 5.97. The molecular formula is C42H77NO10. The summed E-state index contributed by atoms with van der Waals surface area (Å²) in [5, 5.41) is 9.67. The number of hydrogen-bond donors (Lipinski definition) is 1. The number of likely N-dealkylation sites (N-methyl/N-ethyl adjacent to an activating group) is 1. The predicted octanol–water partition coefficient (Wildman–Crippen LogP) is 6.32. The first kappa shape index (κ1) is 47.7. The van der Waals surface area contributed by atoms with Gasteiger partial charge in [0.1, 0.15) is 24.4 Å². The zero-order valence-electron chi connectivity index (χ0n) is 34.8. The van der Waals surface area contributed by atoms with Gasteiger partial charge in [0.25, 0.3) is 0 Å². The number of nitrogens with zero attached hydrogens (tertiary/aromatic N) is 1. The number of aliphatic hydroxyl groups is 1. The molecular weight excluding hydrogens is 678 g/mol. The number of fused-ring (bicyclic) bond motifs is 3. The van der Waals surface area contributed by atoms with Gasteiger partial charge in [-0.1, -0.05) is 39.2 Å². The molecule has 0 aromatic heterocycles. The molecule has 0 aromatic rings. The Hall–Kier alpha value is -1.44. The van der Waals surface area contributed by atoms with Crippen molar-refractivity contribution in [3.63, 3.8) is 0 Å². The third-order valence-electron chi connectivity index (χ3n) is 12.4. The van der Waals surface area contributed by atoms with Gasteiger partial charge in [-0.2, -0.15) is 0 Å². The van der Waals surface area contributed by atoms with Gasteiger partial charge in [0.2, 0.25) is 0 Å². The first-order valence-corrected chi connectivity index (χ1v) is 20.6. The van der Waals surface area contributed by atoms with Crippen LogP contribution in [0.15, 0.2) is 11.6 Å². The molecule has 0 spiro atoms. The van der Waals surface area contributed by atoms with Crippen LogP contribution in [0.5, 0.6) is 0 Å². The van der Waals surface area contributed by atoms with E-state index < -0.39 is 12.4 Å². The maximum Gasteiger partial charge on any atom is 0.302 e. The molecule has 3 N–H and O–H groups in total. The third kappa shape index (κ3) is 13.9. The molecule has 11 nitrogen and oxygen atoms in total. The van der Waals surface area contributed by atoms with Gasteiger partial charge in [-0.15, -0.1) is 0 Å². The van der Waals surface area contributed by atoms with Crippen molar-refractivity contribution in [3.05, 3.63) is 11.6 Å². The van der Waals surface area contributed by atoms with Crippen molar-refractivity contribution in [1.29, 1.82) is 0 Å². The summed E-state index contributed by atoms with van der Waals surface area (Å²) in [5.41, 5.74) is 1.15. The normalized spacial score (nSPS) is 34.5. The molecule has 11 heteroatoms. The zero-order valence-corrected chi connectivity index (χ0v) is 34.8. The summed E-state index contributed by atoms with van der Waals surface area (Å²) in [6, 6.07) is 0.633. The Morgan fingerprint density at radius 2 is 1.60 bits per heavy atom. The molecule has 0 bridgehead atoms. The molecule has 3 aliphatic carbocycles. The minimum atomic E-state index is -0.965. The number of hydrogen-bond acceptors (Lipinski definition) is 10. The Balaban J connectivity index is 0.000000314. The van der Waals surface area contributed by atoms with Crippen LogP contribution < -0.4 is 0 Å². The largest absolute Gasteiger partial charge is 0.463 e. The van der Waals surface area contributed by atoms with Crippen molar-refractivity contribution >= 4 is 11.8 Å². The van der Waals surface area contributed by atoms with Crippen molar-refractivity contribution in [2.75, 3.05) is 41.5 Å². The minimum Gasteiger partial charge on any atom is -0.463 e. The lowest BCUT2D eigenvalue weighted by atomic mass is 9.69. The molecule has 2 aliphatic heterocycles. The molecule has 53 heavy (non-hydrogen) atoms. The van der Waals surface area contributed by atoms with E-state index in [4.69, 9.17) is 28.4 Å². The minimum absolute atomic E-state index is 0. The van der Waals surface area contributed by atoms with Crippen molar-refractivity contribution in [3.8, 4) is 0 Å². The van der Waals surface area contributed by atoms with E-state index >= 15 is 0 Å². The second-order valence-electron chi connectivity index (χ2n) is 16.2. The summed E-state index contributed by atoms with van der Waals surface area (Å²) >= 11 is 0. The van der Waals surface area contributed by atoms with Crippen LogP contribution in [0.25, 0.3) is 0 Å². The van der Waals surface area contributed by atoms with Gasteiger partial charge in [-0.05, 0) is 128 Å². The van der Waals surface area contributed by atoms with Crippen LogP contribution in [0.3, 0.4) is 0 Å². The first-order chi connectivity index (χ1) is 24.9. The van der Waals surface area contributed by atoms with E-state index in [0.29, 0.717) is 30.5 Å². The quantitative estimate of drug-likeness (QED) is 0.158. The number of carbonyl (C=O) groups is 2. The van der Waals surface area contributed by atoms with Crippen LogP contribution >= 0.6 is 0 Å². The van der Waals surface area contributed by atoms with Gasteiger partial charge in [-0.3, -0.25) is 9.59 Å². The molecule has 310 valence electrons. The molecule has 5 rings (SSSR count). The maximum absolute atomic E-state index is 13.0. The van der Waals surface area contributed by atoms with Crippen molar-refractivity contribution in [2.24, 2.45) is 29.6 Å². The molecule has 0 amide bonds. The average molecular weight is 756 g/mol. The fraction of sp³-hybridized carbons (Fsp3) is 0.905. The van der Waals surface area contributed by atoms with Crippen LogP contribution in [-0.4, -0.2) is 118 Å². The van der Waals surface area contributed by atoms with Gasteiger partial charge in [0.15, 0.2) is 12.1 Å². The van der Waals surface area contributed by atoms with Gasteiger partial charge in [0, 0.05) is 46.3 Å². The Kier molecular flexibility index (Phi) is 21.8. The van der Waals surface area contributed by atoms with Crippen LogP contribution in [0, 0.1) is 29.6 Å². The third-order valence-corrected chi connectivity index (χ3v) is 12.4. The number of allylic oxidation sites excluding steroid dienone is 2. The monoisotopic (exact) mass is 756 g/mol. The van der Waals surface area contributed by atoms with E-state index in [9.17, 15) is 14.7 Å². The van der Waals surface area contributed by atoms with Crippen LogP contribution in [0.2, 0.25) is 0 Å². The summed E-state index contributed by atoms with van der Waals surface area (Å²) < 4.78 is 32.1. The van der Waals surface area contributed by atoms with Gasteiger partial charge >= 0.3 is 5.97 Å². The van der Waals surface area contributed by atoms with Crippen LogP contribution in [0.4, 0.5) is 0 Å². The lowest BCUT2D eigenvalue weighted by molar-refractivity contribution is -0.294. The smallest absolute Gasteiger partial charge is 0.302 e. The van der Waals surface area contributed by atoms with Gasteiger partial charge in [-0.25, -0.2) is 0 Å². The highest BCUT2D eigenvalue weighted by Crippen LogP contribution is 2.53. The van der Waals surface area contributed by atoms with E-state index in [1.54, 1.807) is 7.11 Å². The van der Waals surface area contributed by atoms with E-state index in [1.165, 1.54) is 59.0 Å². The molecule has 13 atom stereocenters. The van der Waals surface area contributed by atoms with Crippen LogP contribution in [-0.2, 0) is 38.0 Å². The predicted molar refractivity (Wildman–Crippen MR) is 208 cm³/mol. The summed E-state index contributed by atoms with van der Waals surface area (Å²) in [7, 11) is 7.36. The fourth-order valence-corrected chi connectivity index (χ4v) is 9.55. The highest BCUT2D eigenvalue weighted by atomic mass is 16.7. The van der Waals surface area contributed by atoms with E-state index in [0.717, 1.165) is 68.5 Å². The van der Waals surface area contributed by atoms with Crippen LogP contribution in [0.1, 0.15) is 125 Å². The van der Waals surface area contributed by atoms with Crippen molar-refractivity contribution < 1.29 is 48.6 Å². The molecule has 0 unspecified atom stereocenters. The number of ketones is 1. The van der Waals surface area contributed by atoms with Crippen molar-refractivity contribution in [2.45, 2.75) is 174 Å². The van der Waals surface area contributed by atoms with E-state index in [-0.39, 0.29) is 41.8 Å². The first-order valence-electron chi connectivity index (χ1n) is 20.6. The molecule has 2 saturated heterocycles. The summed E-state index contributed by atoms with van der Waals surface area (Å²) in [5.74, 6) is 3.62. The highest BCUT2D eigenvalue weighted by Gasteiger charge is 2.46. The molecule has 4 fully saturated rings. The Morgan fingerprint density at radius 1 is 0.925 bits per heavy atom. The van der Waals surface area contributed by atoms with E-state index in [1.807, 2.05) is 13.8 Å². The molecule has 0 radical (unpaired) electrons. The number of esters is 1. The second-order valence-corrected chi connectivity index (χ2v) is 16.2. The maximum atomic E-state index is 13.0. The number of ether oxygens (including phenoxy) is 6. The fourth-order valence-electron chi connectivity index (χ4n) is 9.55. The topological polar surface area (TPSA) is 144 Å². The Labute approximate surface area is 321 Å². The summed E-state index contributed by atoms with van der Waals surface area (Å²) in [6.45, 7) is 13.0. The SMILES string of the molecule is CCO[C@@H]1[C@@H](OC)[C@H](C)O[C@@H](O)[C@@H]1OC.CC[C@@H](CCCC[C@@H](C)C(=O)C1=C[C@@H]2[C@@H](CC[C@@H]3CCC[C@H]32)C1)OC(C)=O.C[C@H]1OCCC[C@@H]1N(C)C.O. The average Bonchev–Trinajstić information content (AvgIpc) is 3.77. The molecule has 0 aromatic carbocycles. The lowest BCUT2D eigenvalue weighted by Crippen LogP contribution is -2.58. The number of rotatable bonds is 14. The Morgan fingerprint density at radius 3 is 2.19 bits per heavy atom. The summed E-state index contributed by atoms with van der Waals surface area (Å²) in [6.07, 6.45) is 15.9. The van der Waals surface area contributed by atoms with E-state index in [2.05, 4.69) is 45.8 Å². The number of carbonyl (C=O) groups excluding carboxylic acids is 2. The number of methoxy groups -OCH3 is 2. The van der Waals surface area contributed by atoms with Gasteiger partial charge < -0.3 is 43.9 Å². The molecule has 2 saturated carbocycles. The van der Waals surface area contributed by atoms with Crippen molar-refractivity contribution in [1.82, 2.24) is 4.90 Å². The second kappa shape index (κ2) is 24.3. The molecule has 5 aliphatic rings. The zero-order chi connectivity index (χ0) is 38.4. The molecule has 2 heterocycles.